The maximum atomic E-state index is 13.5. The summed E-state index contributed by atoms with van der Waals surface area (Å²) in [5.41, 5.74) is -0.0773. The lowest BCUT2D eigenvalue weighted by molar-refractivity contribution is -0.120. The van der Waals surface area contributed by atoms with Crippen LogP contribution in [-0.2, 0) is 9.63 Å². The Hall–Kier alpha value is -3.39. The molecule has 1 aliphatic heterocycles. The van der Waals surface area contributed by atoms with Crippen molar-refractivity contribution >= 4 is 28.8 Å². The van der Waals surface area contributed by atoms with Gasteiger partial charge in [-0.25, -0.2) is 9.37 Å². The van der Waals surface area contributed by atoms with Crippen molar-refractivity contribution in [2.45, 2.75) is 26.4 Å². The van der Waals surface area contributed by atoms with Gasteiger partial charge in [0, 0.05) is 0 Å². The fourth-order valence-corrected chi connectivity index (χ4v) is 3.12. The normalized spacial score (nSPS) is 12.8. The number of ketones is 1. The van der Waals surface area contributed by atoms with Gasteiger partial charge in [0.05, 0.1) is 33.4 Å². The molecule has 1 aromatic heterocycles. The molecule has 1 aliphatic rings. The summed E-state index contributed by atoms with van der Waals surface area (Å²) in [5, 5.41) is 1.30. The first-order valence-corrected chi connectivity index (χ1v) is 8.55. The SMILES string of the molecule is CC(C)(C)ON(C=O)c1ccc2c(=O)n3c(nc2c1)C(=O)c1cc(F)ccc1-3. The topological polar surface area (TPSA) is 81.5 Å². The number of hydrogen-bond acceptors (Lipinski definition) is 5. The van der Waals surface area contributed by atoms with Gasteiger partial charge in [-0.05, 0) is 57.2 Å². The zero-order valence-corrected chi connectivity index (χ0v) is 15.4. The summed E-state index contributed by atoms with van der Waals surface area (Å²) in [6.45, 7) is 5.37. The number of aromatic nitrogens is 2. The van der Waals surface area contributed by atoms with E-state index in [0.29, 0.717) is 17.8 Å². The van der Waals surface area contributed by atoms with Crippen LogP contribution in [0.5, 0.6) is 0 Å². The number of carbonyl (C=O) groups excluding carboxylic acids is 2. The lowest BCUT2D eigenvalue weighted by Gasteiger charge is -2.26. The number of hydrogen-bond donors (Lipinski definition) is 0. The summed E-state index contributed by atoms with van der Waals surface area (Å²) in [7, 11) is 0. The number of rotatable bonds is 3. The molecule has 0 spiro atoms. The number of benzene rings is 2. The second kappa shape index (κ2) is 6.07. The molecule has 8 heteroatoms. The lowest BCUT2D eigenvalue weighted by atomic mass is 10.1. The number of halogens is 1. The van der Waals surface area contributed by atoms with Crippen LogP contribution in [0.25, 0.3) is 16.6 Å². The predicted octanol–water partition coefficient (Wildman–Crippen LogP) is 2.76. The summed E-state index contributed by atoms with van der Waals surface area (Å²) in [6, 6.07) is 8.23. The molecular formula is C20H16FN3O4. The van der Waals surface area contributed by atoms with Crippen LogP contribution in [0, 0.1) is 5.82 Å². The van der Waals surface area contributed by atoms with Gasteiger partial charge in [-0.1, -0.05) is 0 Å². The summed E-state index contributed by atoms with van der Waals surface area (Å²) in [4.78, 5) is 46.9. The number of nitrogens with zero attached hydrogens (tertiary/aromatic N) is 3. The molecule has 0 unspecified atom stereocenters. The number of amides is 1. The molecule has 28 heavy (non-hydrogen) atoms. The number of carbonyl (C=O) groups is 2. The van der Waals surface area contributed by atoms with E-state index >= 15 is 0 Å². The molecule has 0 saturated carbocycles. The van der Waals surface area contributed by atoms with Gasteiger partial charge in [0.2, 0.25) is 12.2 Å². The minimum atomic E-state index is -0.623. The van der Waals surface area contributed by atoms with E-state index in [9.17, 15) is 18.8 Å². The Bertz CT molecular complexity index is 1210. The first-order valence-electron chi connectivity index (χ1n) is 8.55. The van der Waals surface area contributed by atoms with Crippen LogP contribution >= 0.6 is 0 Å². The van der Waals surface area contributed by atoms with Crippen molar-refractivity contribution in [1.29, 1.82) is 0 Å². The first-order chi connectivity index (χ1) is 13.2. The van der Waals surface area contributed by atoms with E-state index in [1.54, 1.807) is 26.8 Å². The smallest absolute Gasteiger partial charge is 0.266 e. The van der Waals surface area contributed by atoms with Gasteiger partial charge in [-0.15, -0.1) is 0 Å². The van der Waals surface area contributed by atoms with Crippen molar-refractivity contribution < 1.29 is 18.8 Å². The van der Waals surface area contributed by atoms with Crippen LogP contribution in [0.15, 0.2) is 41.2 Å². The van der Waals surface area contributed by atoms with Crippen molar-refractivity contribution in [3.8, 4) is 5.69 Å². The van der Waals surface area contributed by atoms with E-state index in [2.05, 4.69) is 4.98 Å². The van der Waals surface area contributed by atoms with Crippen molar-refractivity contribution in [3.05, 3.63) is 64.0 Å². The third-order valence-electron chi connectivity index (χ3n) is 4.22. The predicted molar refractivity (Wildman–Crippen MR) is 100 cm³/mol. The third kappa shape index (κ3) is 2.78. The van der Waals surface area contributed by atoms with Crippen LogP contribution in [-0.4, -0.2) is 27.3 Å². The van der Waals surface area contributed by atoms with Gasteiger partial charge >= 0.3 is 0 Å². The lowest BCUT2D eigenvalue weighted by Crippen LogP contribution is -2.33. The van der Waals surface area contributed by atoms with Gasteiger partial charge in [0.1, 0.15) is 5.82 Å². The number of fused-ring (bicyclic) bond motifs is 4. The van der Waals surface area contributed by atoms with Crippen LogP contribution in [0.2, 0.25) is 0 Å². The Morgan fingerprint density at radius 3 is 2.57 bits per heavy atom. The molecule has 142 valence electrons. The van der Waals surface area contributed by atoms with Gasteiger partial charge in [-0.3, -0.25) is 23.8 Å². The zero-order valence-electron chi connectivity index (χ0n) is 15.4. The molecule has 0 N–H and O–H groups in total. The molecule has 2 aromatic carbocycles. The standard InChI is InChI=1S/C20H16FN3O4/c1-20(2,3)28-23(10-25)12-5-6-13-15(9-12)22-18-17(26)14-8-11(21)4-7-16(14)24(18)19(13)27/h4-10H,1-3H3. The Morgan fingerprint density at radius 2 is 1.89 bits per heavy atom. The van der Waals surface area contributed by atoms with Gasteiger partial charge in [0.25, 0.3) is 5.56 Å². The van der Waals surface area contributed by atoms with Gasteiger partial charge in [-0.2, -0.15) is 5.06 Å². The largest absolute Gasteiger partial charge is 0.285 e. The molecule has 4 rings (SSSR count). The summed E-state index contributed by atoms with van der Waals surface area (Å²) >= 11 is 0. The van der Waals surface area contributed by atoms with E-state index in [-0.39, 0.29) is 22.3 Å². The Morgan fingerprint density at radius 1 is 1.14 bits per heavy atom. The van der Waals surface area contributed by atoms with Crippen LogP contribution in [0.1, 0.15) is 37.0 Å². The van der Waals surface area contributed by atoms with E-state index in [0.717, 1.165) is 11.1 Å². The van der Waals surface area contributed by atoms with Gasteiger partial charge < -0.3 is 0 Å². The minimum Gasteiger partial charge on any atom is -0.285 e. The summed E-state index contributed by atoms with van der Waals surface area (Å²) < 4.78 is 14.7. The monoisotopic (exact) mass is 381 g/mol. The van der Waals surface area contributed by atoms with Crippen LogP contribution in [0.4, 0.5) is 10.1 Å². The molecule has 0 bridgehead atoms. The second-order valence-electron chi connectivity index (χ2n) is 7.40. The quantitative estimate of drug-likeness (QED) is 0.403. The molecule has 0 atom stereocenters. The molecule has 2 heterocycles. The number of hydroxylamine groups is 1. The molecule has 3 aromatic rings. The van der Waals surface area contributed by atoms with Crippen molar-refractivity contribution in [2.24, 2.45) is 0 Å². The van der Waals surface area contributed by atoms with Crippen LogP contribution in [0.3, 0.4) is 0 Å². The molecule has 7 nitrogen and oxygen atoms in total. The highest BCUT2D eigenvalue weighted by molar-refractivity contribution is 6.13. The van der Waals surface area contributed by atoms with Gasteiger partial charge in [0.15, 0.2) is 5.82 Å². The van der Waals surface area contributed by atoms with E-state index < -0.39 is 22.8 Å². The molecule has 0 radical (unpaired) electrons. The Labute approximate surface area is 158 Å². The minimum absolute atomic E-state index is 0.0886. The van der Waals surface area contributed by atoms with E-state index in [1.807, 2.05) is 0 Å². The highest BCUT2D eigenvalue weighted by Crippen LogP contribution is 2.28. The molecule has 0 saturated heterocycles. The maximum absolute atomic E-state index is 13.5. The maximum Gasteiger partial charge on any atom is 0.266 e. The Kier molecular flexibility index (Phi) is 3.90. The second-order valence-corrected chi connectivity index (χ2v) is 7.40. The highest BCUT2D eigenvalue weighted by Gasteiger charge is 2.31. The average molecular weight is 381 g/mol. The van der Waals surface area contributed by atoms with Crippen molar-refractivity contribution in [1.82, 2.24) is 9.55 Å². The number of anilines is 1. The molecule has 1 amide bonds. The summed E-state index contributed by atoms with van der Waals surface area (Å²) in [6.07, 6.45) is 0.510. The fraction of sp³-hybridized carbons (Fsp3) is 0.200. The van der Waals surface area contributed by atoms with E-state index in [4.69, 9.17) is 4.84 Å². The van der Waals surface area contributed by atoms with Crippen molar-refractivity contribution in [3.63, 3.8) is 0 Å². The van der Waals surface area contributed by atoms with E-state index in [1.165, 1.54) is 28.8 Å². The first kappa shape index (κ1) is 18.0. The molecule has 0 fully saturated rings. The molecular weight excluding hydrogens is 365 g/mol. The molecule has 0 aliphatic carbocycles. The summed E-state index contributed by atoms with van der Waals surface area (Å²) in [5.74, 6) is -1.19. The zero-order chi connectivity index (χ0) is 20.2. The van der Waals surface area contributed by atoms with Crippen LogP contribution < -0.4 is 10.6 Å². The van der Waals surface area contributed by atoms with Crippen molar-refractivity contribution in [2.75, 3.05) is 5.06 Å². The average Bonchev–Trinajstić information content (AvgIpc) is 2.91. The highest BCUT2D eigenvalue weighted by atomic mass is 19.1. The third-order valence-corrected chi connectivity index (χ3v) is 4.22. The fourth-order valence-electron chi connectivity index (χ4n) is 3.12. The Balaban J connectivity index is 1.90.